The molecular formula is C10H18ClNO2. The first-order chi connectivity index (χ1) is 6.43. The highest BCUT2D eigenvalue weighted by Crippen LogP contribution is 2.24. The largest absolute Gasteiger partial charge is 0.373 e. The fraction of sp³-hybridized carbons (Fsp3) is 0.900. The molecule has 3 nitrogen and oxygen atoms in total. The van der Waals surface area contributed by atoms with Crippen LogP contribution >= 0.6 is 11.6 Å². The fourth-order valence-electron chi connectivity index (χ4n) is 1.96. The van der Waals surface area contributed by atoms with E-state index in [0.29, 0.717) is 0 Å². The van der Waals surface area contributed by atoms with Crippen LogP contribution in [0, 0.1) is 0 Å². The van der Waals surface area contributed by atoms with Crippen molar-refractivity contribution in [2.24, 2.45) is 0 Å². The van der Waals surface area contributed by atoms with Crippen molar-refractivity contribution in [1.82, 2.24) is 4.90 Å². The van der Waals surface area contributed by atoms with Gasteiger partial charge in [-0.05, 0) is 27.2 Å². The van der Waals surface area contributed by atoms with Crippen molar-refractivity contribution < 1.29 is 9.53 Å². The number of ether oxygens (including phenoxy) is 1. The average molecular weight is 220 g/mol. The Labute approximate surface area is 90.4 Å². The van der Waals surface area contributed by atoms with E-state index >= 15 is 0 Å². The lowest BCUT2D eigenvalue weighted by molar-refractivity contribution is -0.132. The third-order valence-corrected chi connectivity index (χ3v) is 2.93. The number of hydrogen-bond acceptors (Lipinski definition) is 2. The lowest BCUT2D eigenvalue weighted by Gasteiger charge is -2.27. The summed E-state index contributed by atoms with van der Waals surface area (Å²) in [4.78, 5) is 13.3. The molecule has 1 heterocycles. The van der Waals surface area contributed by atoms with Crippen molar-refractivity contribution >= 4 is 17.5 Å². The van der Waals surface area contributed by atoms with Gasteiger partial charge in [0.25, 0.3) is 0 Å². The zero-order valence-corrected chi connectivity index (χ0v) is 9.91. The first kappa shape index (κ1) is 11.8. The second kappa shape index (κ2) is 4.49. The molecule has 1 saturated heterocycles. The predicted octanol–water partition coefficient (Wildman–Crippen LogP) is 1.64. The molecule has 0 aromatic rings. The van der Waals surface area contributed by atoms with Gasteiger partial charge in [0.2, 0.25) is 5.91 Å². The molecule has 14 heavy (non-hydrogen) atoms. The molecule has 0 spiro atoms. The number of carbonyl (C=O) groups is 1. The molecule has 82 valence electrons. The van der Waals surface area contributed by atoms with Crippen LogP contribution in [-0.4, -0.2) is 41.5 Å². The maximum atomic E-state index is 11.6. The molecule has 0 aliphatic carbocycles. The SMILES string of the molecule is CC1CC(N(C)C(=O)C(C)Cl)C(C)O1. The van der Waals surface area contributed by atoms with E-state index in [1.54, 1.807) is 18.9 Å². The molecule has 0 aromatic heterocycles. The average Bonchev–Trinajstić information content (AvgIpc) is 2.42. The summed E-state index contributed by atoms with van der Waals surface area (Å²) in [5.74, 6) is -0.0267. The van der Waals surface area contributed by atoms with E-state index in [4.69, 9.17) is 16.3 Å². The second-order valence-electron chi connectivity index (χ2n) is 4.02. The van der Waals surface area contributed by atoms with Gasteiger partial charge in [-0.15, -0.1) is 11.6 Å². The first-order valence-corrected chi connectivity index (χ1v) is 5.43. The smallest absolute Gasteiger partial charge is 0.240 e. The third-order valence-electron chi connectivity index (χ3n) is 2.75. The molecule has 1 rings (SSSR count). The van der Waals surface area contributed by atoms with Crippen LogP contribution in [0.4, 0.5) is 0 Å². The highest BCUT2D eigenvalue weighted by atomic mass is 35.5. The fourth-order valence-corrected chi connectivity index (χ4v) is 2.12. The van der Waals surface area contributed by atoms with Crippen LogP contribution in [0.15, 0.2) is 0 Å². The zero-order valence-electron chi connectivity index (χ0n) is 9.16. The van der Waals surface area contributed by atoms with Crippen LogP contribution < -0.4 is 0 Å². The van der Waals surface area contributed by atoms with E-state index < -0.39 is 5.38 Å². The molecule has 0 aromatic carbocycles. The minimum atomic E-state index is -0.455. The van der Waals surface area contributed by atoms with E-state index in [1.807, 2.05) is 13.8 Å². The van der Waals surface area contributed by atoms with Gasteiger partial charge < -0.3 is 9.64 Å². The highest BCUT2D eigenvalue weighted by molar-refractivity contribution is 6.30. The van der Waals surface area contributed by atoms with Crippen molar-refractivity contribution in [2.45, 2.75) is 50.8 Å². The molecule has 1 aliphatic heterocycles. The summed E-state index contributed by atoms with van der Waals surface area (Å²) in [5, 5.41) is -0.455. The van der Waals surface area contributed by atoms with Crippen LogP contribution in [0.5, 0.6) is 0 Å². The van der Waals surface area contributed by atoms with Gasteiger partial charge in [0.15, 0.2) is 0 Å². The lowest BCUT2D eigenvalue weighted by atomic mass is 10.1. The maximum absolute atomic E-state index is 11.6. The van der Waals surface area contributed by atoms with Crippen molar-refractivity contribution in [2.75, 3.05) is 7.05 Å². The first-order valence-electron chi connectivity index (χ1n) is 4.99. The normalized spacial score (nSPS) is 34.2. The van der Waals surface area contributed by atoms with Crippen LogP contribution in [0.3, 0.4) is 0 Å². The quantitative estimate of drug-likeness (QED) is 0.661. The summed E-state index contributed by atoms with van der Waals surface area (Å²) in [6.07, 6.45) is 1.23. The Morgan fingerprint density at radius 1 is 1.57 bits per heavy atom. The number of alkyl halides is 1. The molecule has 1 aliphatic rings. The van der Waals surface area contributed by atoms with E-state index in [0.717, 1.165) is 6.42 Å². The number of nitrogens with zero attached hydrogens (tertiary/aromatic N) is 1. The molecule has 0 radical (unpaired) electrons. The molecule has 0 saturated carbocycles. The topological polar surface area (TPSA) is 29.5 Å². The van der Waals surface area contributed by atoms with E-state index in [9.17, 15) is 4.79 Å². The lowest BCUT2D eigenvalue weighted by Crippen LogP contribution is -2.43. The van der Waals surface area contributed by atoms with Crippen molar-refractivity contribution in [3.05, 3.63) is 0 Å². The monoisotopic (exact) mass is 219 g/mol. The molecular weight excluding hydrogens is 202 g/mol. The summed E-state index contributed by atoms with van der Waals surface area (Å²) >= 11 is 5.75. The third kappa shape index (κ3) is 2.39. The maximum Gasteiger partial charge on any atom is 0.240 e. The molecule has 4 atom stereocenters. The number of likely N-dealkylation sites (N-methyl/N-ethyl adjacent to an activating group) is 1. The Balaban J connectivity index is 2.61. The summed E-state index contributed by atoms with van der Waals surface area (Å²) in [6, 6.07) is 0.165. The van der Waals surface area contributed by atoms with Gasteiger partial charge in [-0.3, -0.25) is 4.79 Å². The number of halogens is 1. The van der Waals surface area contributed by atoms with Crippen molar-refractivity contribution in [3.8, 4) is 0 Å². The number of rotatable bonds is 2. The van der Waals surface area contributed by atoms with Gasteiger partial charge in [-0.25, -0.2) is 0 Å². The minimum absolute atomic E-state index is 0.0267. The highest BCUT2D eigenvalue weighted by Gasteiger charge is 2.35. The van der Waals surface area contributed by atoms with Gasteiger partial charge in [0.1, 0.15) is 5.38 Å². The summed E-state index contributed by atoms with van der Waals surface area (Å²) in [5.41, 5.74) is 0. The van der Waals surface area contributed by atoms with Gasteiger partial charge in [0.05, 0.1) is 18.2 Å². The van der Waals surface area contributed by atoms with Crippen LogP contribution in [0.25, 0.3) is 0 Å². The van der Waals surface area contributed by atoms with Crippen LogP contribution in [0.1, 0.15) is 27.2 Å². The minimum Gasteiger partial charge on any atom is -0.373 e. The molecule has 0 N–H and O–H groups in total. The van der Waals surface area contributed by atoms with Gasteiger partial charge in [-0.2, -0.15) is 0 Å². The summed E-state index contributed by atoms with van der Waals surface area (Å²) in [6.45, 7) is 5.72. The van der Waals surface area contributed by atoms with Crippen LogP contribution in [0.2, 0.25) is 0 Å². The van der Waals surface area contributed by atoms with E-state index in [-0.39, 0.29) is 24.2 Å². The summed E-state index contributed by atoms with van der Waals surface area (Å²) < 4.78 is 5.59. The van der Waals surface area contributed by atoms with Crippen molar-refractivity contribution in [1.29, 1.82) is 0 Å². The van der Waals surface area contributed by atoms with Crippen LogP contribution in [-0.2, 0) is 9.53 Å². The molecule has 1 amide bonds. The Morgan fingerprint density at radius 2 is 2.14 bits per heavy atom. The van der Waals surface area contributed by atoms with E-state index in [1.165, 1.54) is 0 Å². The number of hydrogen-bond donors (Lipinski definition) is 0. The number of amides is 1. The predicted molar refractivity (Wildman–Crippen MR) is 56.5 cm³/mol. The van der Waals surface area contributed by atoms with Gasteiger partial charge >= 0.3 is 0 Å². The van der Waals surface area contributed by atoms with E-state index in [2.05, 4.69) is 0 Å². The van der Waals surface area contributed by atoms with Crippen molar-refractivity contribution in [3.63, 3.8) is 0 Å². The summed E-state index contributed by atoms with van der Waals surface area (Å²) in [7, 11) is 1.80. The Kier molecular flexibility index (Phi) is 3.78. The standard InChI is InChI=1S/C10H18ClNO2/c1-6-5-9(8(3)14-6)12(4)10(13)7(2)11/h6-9H,5H2,1-4H3. The Bertz CT molecular complexity index is 220. The Morgan fingerprint density at radius 3 is 2.50 bits per heavy atom. The Hall–Kier alpha value is -0.280. The van der Waals surface area contributed by atoms with Gasteiger partial charge in [-0.1, -0.05) is 0 Å². The molecule has 4 heteroatoms. The molecule has 1 fully saturated rings. The zero-order chi connectivity index (χ0) is 10.9. The van der Waals surface area contributed by atoms with Gasteiger partial charge in [0, 0.05) is 7.05 Å². The number of carbonyl (C=O) groups excluding carboxylic acids is 1. The molecule has 4 unspecified atom stereocenters. The second-order valence-corrected chi connectivity index (χ2v) is 4.67. The molecule has 0 bridgehead atoms.